The van der Waals surface area contributed by atoms with Crippen molar-refractivity contribution in [1.29, 1.82) is 0 Å². The van der Waals surface area contributed by atoms with Gasteiger partial charge in [0.05, 0.1) is 54.4 Å². The smallest absolute Gasteiger partial charge is 0.328 e. The van der Waals surface area contributed by atoms with Crippen molar-refractivity contribution < 1.29 is 122 Å². The summed E-state index contributed by atoms with van der Waals surface area (Å²) in [7, 11) is -8.39. The van der Waals surface area contributed by atoms with Gasteiger partial charge in [-0.25, -0.2) is 26.3 Å². The van der Waals surface area contributed by atoms with Crippen molar-refractivity contribution in [2.24, 2.45) is 0 Å². The molecule has 2 N–H and O–H groups in total. The zero-order valence-corrected chi connectivity index (χ0v) is 30.4. The lowest BCUT2D eigenvalue weighted by Gasteiger charge is -2.36. The summed E-state index contributed by atoms with van der Waals surface area (Å²) in [5, 5.41) is -14.4. The molecule has 0 aromatic rings. The molecule has 0 saturated carbocycles. The predicted octanol–water partition coefficient (Wildman–Crippen LogP) is 6.66. The Kier molecular flexibility index (Phi) is 15.8. The molecule has 0 atom stereocenters. The van der Waals surface area contributed by atoms with E-state index < -0.39 is 104 Å². The Morgan fingerprint density at radius 1 is 0.357 bits per heavy atom. The Labute approximate surface area is 303 Å². The molecular weight excluding hydrogens is 890 g/mol. The van der Waals surface area contributed by atoms with E-state index in [1.165, 1.54) is 28.2 Å². The number of rotatable bonds is 23. The van der Waals surface area contributed by atoms with Crippen molar-refractivity contribution in [3.05, 3.63) is 0 Å². The van der Waals surface area contributed by atoms with Gasteiger partial charge in [-0.1, -0.05) is 0 Å². The second-order valence-electron chi connectivity index (χ2n) is 13.5. The van der Waals surface area contributed by atoms with Gasteiger partial charge in [0.15, 0.2) is 0 Å². The lowest BCUT2D eigenvalue weighted by molar-refractivity contribution is -0.896. The number of nitrogens with zero attached hydrogens (tertiary/aromatic N) is 2. The summed E-state index contributed by atoms with van der Waals surface area (Å²) in [6, 6.07) is 0. The maximum absolute atomic E-state index is 14.0. The zero-order valence-electron chi connectivity index (χ0n) is 28.7. The third-order valence-electron chi connectivity index (χ3n) is 7.94. The molecule has 0 fully saturated rings. The van der Waals surface area contributed by atoms with Crippen molar-refractivity contribution in [3.8, 4) is 0 Å². The number of alkyl halides is 22. The Bertz CT molecular complexity index is 1430. The van der Waals surface area contributed by atoms with Crippen LogP contribution in [0.15, 0.2) is 0 Å². The van der Waals surface area contributed by atoms with Crippen LogP contribution in [0.4, 0.5) is 96.6 Å². The highest BCUT2D eigenvalue weighted by Crippen LogP contribution is 2.59. The van der Waals surface area contributed by atoms with E-state index in [-0.39, 0.29) is 48.0 Å². The number of unbranched alkanes of at least 4 members (excludes halogenated alkanes) is 1. The van der Waals surface area contributed by atoms with Gasteiger partial charge in [-0.05, 0) is 0 Å². The molecule has 56 heavy (non-hydrogen) atoms. The molecule has 0 heterocycles. The van der Waals surface area contributed by atoms with Crippen LogP contribution in [0.2, 0.25) is 0 Å². The normalized spacial score (nSPS) is 16.1. The molecule has 0 unspecified atom stereocenters. The first-order valence-corrected chi connectivity index (χ1v) is 17.9. The van der Waals surface area contributed by atoms with E-state index >= 15 is 0 Å². The van der Waals surface area contributed by atoms with Crippen LogP contribution in [0.1, 0.15) is 25.7 Å². The molecular formula is C24H34F22N4O4S2+2. The molecule has 0 rings (SSSR count). The zero-order chi connectivity index (χ0) is 45.5. The Balaban J connectivity index is 5.17. The molecule has 0 saturated heterocycles. The van der Waals surface area contributed by atoms with Gasteiger partial charge in [-0.3, -0.25) is 0 Å². The van der Waals surface area contributed by atoms with Gasteiger partial charge in [0.1, 0.15) is 0 Å². The fourth-order valence-corrected chi connectivity index (χ4v) is 6.49. The lowest BCUT2D eigenvalue weighted by atomic mass is 10.0. The first kappa shape index (κ1) is 54.2. The van der Waals surface area contributed by atoms with Crippen LogP contribution in [0, 0.1) is 0 Å². The van der Waals surface area contributed by atoms with Crippen LogP contribution in [-0.4, -0.2) is 152 Å². The van der Waals surface area contributed by atoms with Gasteiger partial charge in [0.25, 0.3) is 20.0 Å². The van der Waals surface area contributed by atoms with Crippen LogP contribution in [0.3, 0.4) is 0 Å². The number of hydrogen-bond acceptors (Lipinski definition) is 4. The average molecular weight is 925 g/mol. The van der Waals surface area contributed by atoms with Gasteiger partial charge in [-0.15, -0.1) is 0 Å². The van der Waals surface area contributed by atoms with E-state index in [0.717, 1.165) is 9.44 Å². The molecule has 0 radical (unpaired) electrons. The first-order chi connectivity index (χ1) is 24.1. The summed E-state index contributed by atoms with van der Waals surface area (Å²) in [4.78, 5) is 0. The topological polar surface area (TPSA) is 92.3 Å². The molecule has 338 valence electrons. The highest BCUT2D eigenvalue weighted by atomic mass is 32.2. The molecule has 0 aliphatic heterocycles. The van der Waals surface area contributed by atoms with Gasteiger partial charge in [0.2, 0.25) is 0 Å². The standard InChI is InChI=1S/C24H34F22N4O4S2/c1-49(2,13-7-9-47-55(51,52)23(43,44)19(33,34)15(25,26)17(29,30)21(37,38)39)11-5-6-12-50(3,4)14-8-10-48-56(53,54)24(45,46)20(35,36)16(27,28)18(31,32)22(40,41)42/h47-48H,5-14H2,1-4H3/q+2. The van der Waals surface area contributed by atoms with Gasteiger partial charge >= 0.3 is 58.4 Å². The number of sulfonamides is 2. The van der Waals surface area contributed by atoms with E-state index in [4.69, 9.17) is 0 Å². The average Bonchev–Trinajstić information content (AvgIpc) is 2.98. The molecule has 8 nitrogen and oxygen atoms in total. The largest absolute Gasteiger partial charge is 0.460 e. The molecule has 0 aromatic carbocycles. The Morgan fingerprint density at radius 2 is 0.571 bits per heavy atom. The van der Waals surface area contributed by atoms with Crippen molar-refractivity contribution in [2.45, 2.75) is 84.1 Å². The molecule has 32 heteroatoms. The van der Waals surface area contributed by atoms with Gasteiger partial charge in [0, 0.05) is 38.8 Å². The second-order valence-corrected chi connectivity index (χ2v) is 17.1. The summed E-state index contributed by atoms with van der Waals surface area (Å²) in [5.41, 5.74) is 0. The third kappa shape index (κ3) is 10.3. The molecule has 0 aromatic heterocycles. The van der Waals surface area contributed by atoms with Crippen LogP contribution in [0.25, 0.3) is 0 Å². The predicted molar refractivity (Wildman–Crippen MR) is 148 cm³/mol. The highest BCUT2D eigenvalue weighted by molar-refractivity contribution is 7.90. The maximum atomic E-state index is 14.0. The lowest BCUT2D eigenvalue weighted by Crippen LogP contribution is -2.69. The number of halogens is 22. The van der Waals surface area contributed by atoms with E-state index in [9.17, 15) is 113 Å². The number of hydrogen-bond donors (Lipinski definition) is 2. The summed E-state index contributed by atoms with van der Waals surface area (Å²) >= 11 is 0. The summed E-state index contributed by atoms with van der Waals surface area (Å²) in [5.74, 6) is -47.1. The summed E-state index contributed by atoms with van der Waals surface area (Å²) in [6.07, 6.45) is -15.7. The van der Waals surface area contributed by atoms with Gasteiger partial charge < -0.3 is 8.97 Å². The van der Waals surface area contributed by atoms with Crippen molar-refractivity contribution in [1.82, 2.24) is 9.44 Å². The Hall–Kier alpha value is -1.80. The summed E-state index contributed by atoms with van der Waals surface area (Å²) in [6.45, 7) is -2.65. The second kappa shape index (κ2) is 16.3. The van der Waals surface area contributed by atoms with E-state index in [0.29, 0.717) is 0 Å². The third-order valence-corrected chi connectivity index (χ3v) is 11.0. The molecule has 0 amide bonds. The first-order valence-electron chi connectivity index (χ1n) is 14.9. The fourth-order valence-electron chi connectivity index (χ4n) is 4.37. The SMILES string of the molecule is C[N+](C)(CCCC[N+](C)(C)CCCNS(=O)(=O)C(F)(F)C(F)(F)C(F)(F)C(F)(F)C(F)(F)F)CCCNS(=O)(=O)C(F)(F)C(F)(F)C(F)(F)C(F)(F)C(F)(F)F. The van der Waals surface area contributed by atoms with Gasteiger partial charge in [-0.2, -0.15) is 96.6 Å². The minimum Gasteiger partial charge on any atom is -0.328 e. The molecule has 0 spiro atoms. The maximum Gasteiger partial charge on any atom is 0.460 e. The fraction of sp³-hybridized carbons (Fsp3) is 1.00. The van der Waals surface area contributed by atoms with Crippen molar-refractivity contribution >= 4 is 20.0 Å². The van der Waals surface area contributed by atoms with Crippen molar-refractivity contribution in [3.63, 3.8) is 0 Å². The monoisotopic (exact) mass is 924 g/mol. The minimum atomic E-state index is -7.95. The van der Waals surface area contributed by atoms with E-state index in [1.54, 1.807) is 0 Å². The molecule has 0 bridgehead atoms. The quantitative estimate of drug-likeness (QED) is 0.0682. The summed E-state index contributed by atoms with van der Waals surface area (Å²) < 4.78 is 338. The Morgan fingerprint density at radius 3 is 0.786 bits per heavy atom. The highest BCUT2D eigenvalue weighted by Gasteiger charge is 2.91. The minimum absolute atomic E-state index is 0.126. The van der Waals surface area contributed by atoms with Crippen LogP contribution in [-0.2, 0) is 20.0 Å². The number of quaternary nitrogens is 2. The number of nitrogens with one attached hydrogen (secondary N) is 2. The molecule has 0 aliphatic carbocycles. The van der Waals surface area contributed by atoms with E-state index in [2.05, 4.69) is 0 Å². The van der Waals surface area contributed by atoms with Crippen LogP contribution < -0.4 is 9.44 Å². The molecule has 0 aliphatic rings. The van der Waals surface area contributed by atoms with Crippen LogP contribution in [0.5, 0.6) is 0 Å². The van der Waals surface area contributed by atoms with E-state index in [1.807, 2.05) is 0 Å². The van der Waals surface area contributed by atoms with Crippen molar-refractivity contribution in [2.75, 3.05) is 67.5 Å². The van der Waals surface area contributed by atoms with Crippen LogP contribution >= 0.6 is 0 Å².